The van der Waals surface area contributed by atoms with E-state index in [2.05, 4.69) is 39.2 Å². The number of urea groups is 1. The fraction of sp³-hybridized carbons (Fsp3) is 0.421. The molecule has 0 aliphatic carbocycles. The summed E-state index contributed by atoms with van der Waals surface area (Å²) >= 11 is 0. The van der Waals surface area contributed by atoms with E-state index in [1.165, 1.54) is 0 Å². The standard InChI is InChI=1S/C19H28N6O/c1-13-11-17(21-10-9-20)25(2)18(22-13)24-19(26)23-16-8-7-14-5-3-4-6-15(14)12-16/h3-8,12-13,17-18,21-22H,9-11,20H2,1-2H3,(H2,23,24,26). The van der Waals surface area contributed by atoms with E-state index in [9.17, 15) is 4.79 Å². The van der Waals surface area contributed by atoms with Gasteiger partial charge in [-0.2, -0.15) is 0 Å². The van der Waals surface area contributed by atoms with Crippen LogP contribution in [0.3, 0.4) is 0 Å². The first-order valence-corrected chi connectivity index (χ1v) is 9.04. The number of carbonyl (C=O) groups excluding carboxylic acids is 1. The molecular weight excluding hydrogens is 328 g/mol. The molecule has 0 radical (unpaired) electrons. The molecule has 2 amide bonds. The van der Waals surface area contributed by atoms with Crippen LogP contribution in [0.5, 0.6) is 0 Å². The van der Waals surface area contributed by atoms with Gasteiger partial charge in [0.2, 0.25) is 0 Å². The lowest BCUT2D eigenvalue weighted by molar-refractivity contribution is 0.0454. The fourth-order valence-electron chi connectivity index (χ4n) is 3.32. The summed E-state index contributed by atoms with van der Waals surface area (Å²) in [6.07, 6.45) is 0.858. The third-order valence-corrected chi connectivity index (χ3v) is 4.72. The summed E-state index contributed by atoms with van der Waals surface area (Å²) in [6.45, 7) is 3.45. The molecule has 3 atom stereocenters. The van der Waals surface area contributed by atoms with Crippen LogP contribution in [-0.2, 0) is 0 Å². The Bertz CT molecular complexity index is 752. The summed E-state index contributed by atoms with van der Waals surface area (Å²) in [5, 5.41) is 15.0. The molecule has 1 saturated heterocycles. The molecule has 1 aliphatic heterocycles. The van der Waals surface area contributed by atoms with Crippen molar-refractivity contribution in [3.8, 4) is 0 Å². The molecular formula is C19H28N6O. The lowest BCUT2D eigenvalue weighted by atomic mass is 10.1. The topological polar surface area (TPSA) is 94.5 Å². The maximum Gasteiger partial charge on any atom is 0.321 e. The van der Waals surface area contributed by atoms with E-state index in [-0.39, 0.29) is 24.5 Å². The molecule has 0 aromatic heterocycles. The van der Waals surface area contributed by atoms with Gasteiger partial charge in [0.05, 0.1) is 6.17 Å². The van der Waals surface area contributed by atoms with E-state index >= 15 is 0 Å². The van der Waals surface area contributed by atoms with Gasteiger partial charge in [-0.3, -0.25) is 10.2 Å². The quantitative estimate of drug-likeness (QED) is 0.559. The highest BCUT2D eigenvalue weighted by Crippen LogP contribution is 2.19. The Morgan fingerprint density at radius 1 is 1.27 bits per heavy atom. The number of nitrogens with two attached hydrogens (primary N) is 1. The predicted molar refractivity (Wildman–Crippen MR) is 106 cm³/mol. The van der Waals surface area contributed by atoms with Gasteiger partial charge in [-0.15, -0.1) is 0 Å². The summed E-state index contributed by atoms with van der Waals surface area (Å²) in [4.78, 5) is 14.5. The zero-order chi connectivity index (χ0) is 18.5. The molecule has 3 rings (SSSR count). The van der Waals surface area contributed by atoms with Gasteiger partial charge >= 0.3 is 6.03 Å². The van der Waals surface area contributed by atoms with Crippen LogP contribution in [-0.4, -0.2) is 49.6 Å². The highest BCUT2D eigenvalue weighted by atomic mass is 16.2. The van der Waals surface area contributed by atoms with E-state index in [1.807, 2.05) is 43.4 Å². The highest BCUT2D eigenvalue weighted by Gasteiger charge is 2.31. The monoisotopic (exact) mass is 356 g/mol. The summed E-state index contributed by atoms with van der Waals surface area (Å²) in [7, 11) is 1.98. The average molecular weight is 356 g/mol. The van der Waals surface area contributed by atoms with Crippen molar-refractivity contribution in [2.45, 2.75) is 31.8 Å². The minimum Gasteiger partial charge on any atom is -0.329 e. The average Bonchev–Trinajstić information content (AvgIpc) is 2.63. The maximum absolute atomic E-state index is 12.5. The molecule has 2 aromatic carbocycles. The minimum absolute atomic E-state index is 0.167. The number of nitrogens with one attached hydrogen (secondary N) is 4. The van der Waals surface area contributed by atoms with Crippen molar-refractivity contribution in [2.24, 2.45) is 5.73 Å². The van der Waals surface area contributed by atoms with Gasteiger partial charge in [0.25, 0.3) is 0 Å². The lowest BCUT2D eigenvalue weighted by Gasteiger charge is -2.43. The third-order valence-electron chi connectivity index (χ3n) is 4.72. The summed E-state index contributed by atoms with van der Waals surface area (Å²) in [5.41, 5.74) is 6.36. The van der Waals surface area contributed by atoms with Crippen LogP contribution in [0.1, 0.15) is 13.3 Å². The van der Waals surface area contributed by atoms with Crippen LogP contribution in [0, 0.1) is 0 Å². The number of hydrogen-bond acceptors (Lipinski definition) is 5. The Kier molecular flexibility index (Phi) is 6.05. The fourth-order valence-corrected chi connectivity index (χ4v) is 3.32. The maximum atomic E-state index is 12.5. The first kappa shape index (κ1) is 18.6. The predicted octanol–water partition coefficient (Wildman–Crippen LogP) is 1.43. The molecule has 0 bridgehead atoms. The van der Waals surface area contributed by atoms with E-state index in [0.29, 0.717) is 6.54 Å². The van der Waals surface area contributed by atoms with Crippen molar-refractivity contribution in [2.75, 3.05) is 25.5 Å². The van der Waals surface area contributed by atoms with Crippen molar-refractivity contribution in [1.29, 1.82) is 0 Å². The summed E-state index contributed by atoms with van der Waals surface area (Å²) < 4.78 is 0. The Balaban J connectivity index is 1.62. The van der Waals surface area contributed by atoms with Crippen molar-refractivity contribution in [3.05, 3.63) is 42.5 Å². The number of hydrogen-bond donors (Lipinski definition) is 5. The van der Waals surface area contributed by atoms with Gasteiger partial charge in [0.15, 0.2) is 0 Å². The van der Waals surface area contributed by atoms with Crippen LogP contribution < -0.4 is 27.0 Å². The molecule has 7 heteroatoms. The second kappa shape index (κ2) is 8.46. The molecule has 0 saturated carbocycles. The molecule has 1 fully saturated rings. The van der Waals surface area contributed by atoms with Crippen LogP contribution in [0.15, 0.2) is 42.5 Å². The van der Waals surface area contributed by atoms with Gasteiger partial charge in [-0.25, -0.2) is 4.79 Å². The smallest absolute Gasteiger partial charge is 0.321 e. The number of amides is 2. The Labute approximate surface area is 154 Å². The first-order valence-electron chi connectivity index (χ1n) is 9.04. The second-order valence-electron chi connectivity index (χ2n) is 6.79. The summed E-state index contributed by atoms with van der Waals surface area (Å²) in [6, 6.07) is 14.0. The highest BCUT2D eigenvalue weighted by molar-refractivity contribution is 5.93. The summed E-state index contributed by atoms with van der Waals surface area (Å²) in [5.74, 6) is 0. The normalized spacial score (nSPS) is 23.7. The van der Waals surface area contributed by atoms with Gasteiger partial charge < -0.3 is 21.7 Å². The van der Waals surface area contributed by atoms with Crippen LogP contribution in [0.25, 0.3) is 10.8 Å². The van der Waals surface area contributed by atoms with Gasteiger partial charge in [-0.05, 0) is 43.3 Å². The Hall–Kier alpha value is -2.19. The number of benzene rings is 2. The number of anilines is 1. The van der Waals surface area contributed by atoms with E-state index in [1.54, 1.807) is 0 Å². The lowest BCUT2D eigenvalue weighted by Crippen LogP contribution is -2.68. The zero-order valence-electron chi connectivity index (χ0n) is 15.3. The molecule has 2 aromatic rings. The van der Waals surface area contributed by atoms with Crippen molar-refractivity contribution in [1.82, 2.24) is 20.9 Å². The number of carbonyl (C=O) groups is 1. The molecule has 6 N–H and O–H groups in total. The van der Waals surface area contributed by atoms with Crippen molar-refractivity contribution in [3.63, 3.8) is 0 Å². The molecule has 0 spiro atoms. The van der Waals surface area contributed by atoms with E-state index in [4.69, 9.17) is 5.73 Å². The van der Waals surface area contributed by atoms with Crippen molar-refractivity contribution >= 4 is 22.5 Å². The first-order chi connectivity index (χ1) is 12.6. The van der Waals surface area contributed by atoms with Crippen molar-refractivity contribution < 1.29 is 4.79 Å². The Morgan fingerprint density at radius 3 is 2.81 bits per heavy atom. The van der Waals surface area contributed by atoms with Gasteiger partial charge in [0.1, 0.15) is 6.29 Å². The molecule has 7 nitrogen and oxygen atoms in total. The molecule has 26 heavy (non-hydrogen) atoms. The molecule has 140 valence electrons. The minimum atomic E-state index is -0.255. The van der Waals surface area contributed by atoms with Crippen LogP contribution in [0.2, 0.25) is 0 Å². The molecule has 3 unspecified atom stereocenters. The Morgan fingerprint density at radius 2 is 2.04 bits per heavy atom. The zero-order valence-corrected chi connectivity index (χ0v) is 15.3. The second-order valence-corrected chi connectivity index (χ2v) is 6.79. The number of rotatable bonds is 5. The SMILES string of the molecule is CC1CC(NCCN)N(C)C(NC(=O)Nc2ccc3ccccc3c2)N1. The van der Waals surface area contributed by atoms with Crippen LogP contribution >= 0.6 is 0 Å². The largest absolute Gasteiger partial charge is 0.329 e. The van der Waals surface area contributed by atoms with Gasteiger partial charge in [0, 0.05) is 24.8 Å². The number of nitrogens with zero attached hydrogens (tertiary/aromatic N) is 1. The number of fused-ring (bicyclic) bond motifs is 1. The molecule has 1 aliphatic rings. The van der Waals surface area contributed by atoms with E-state index in [0.717, 1.165) is 29.4 Å². The van der Waals surface area contributed by atoms with E-state index < -0.39 is 0 Å². The van der Waals surface area contributed by atoms with Gasteiger partial charge in [-0.1, -0.05) is 30.3 Å². The third kappa shape index (κ3) is 4.50. The molecule has 1 heterocycles. The van der Waals surface area contributed by atoms with Crippen LogP contribution in [0.4, 0.5) is 10.5 Å².